The number of rotatable bonds is 6. The molecule has 0 bridgehead atoms. The van der Waals surface area contributed by atoms with Gasteiger partial charge in [-0.1, -0.05) is 11.6 Å². The maximum atomic E-state index is 12.6. The molecule has 0 aliphatic rings. The van der Waals surface area contributed by atoms with Crippen molar-refractivity contribution < 1.29 is 24.0 Å². The van der Waals surface area contributed by atoms with Crippen LogP contribution in [0.2, 0.25) is 5.02 Å². The van der Waals surface area contributed by atoms with Gasteiger partial charge in [0.15, 0.2) is 6.10 Å². The number of nitrogens with one attached hydrogen (secondary N) is 2. The maximum Gasteiger partial charge on any atom is 0.342 e. The van der Waals surface area contributed by atoms with E-state index in [1.165, 1.54) is 37.3 Å². The number of hydrogen-bond donors (Lipinski definition) is 2. The molecule has 0 saturated carbocycles. The Kier molecular flexibility index (Phi) is 6.93. The van der Waals surface area contributed by atoms with Crippen LogP contribution >= 0.6 is 22.9 Å². The molecule has 1 aromatic heterocycles. The van der Waals surface area contributed by atoms with E-state index >= 15 is 0 Å². The van der Waals surface area contributed by atoms with Crippen LogP contribution in [-0.2, 0) is 14.3 Å². The first-order valence-corrected chi connectivity index (χ1v) is 9.54. The van der Waals surface area contributed by atoms with Gasteiger partial charge in [-0.3, -0.25) is 19.7 Å². The van der Waals surface area contributed by atoms with Crippen molar-refractivity contribution in [2.45, 2.75) is 33.8 Å². The number of nitrogens with zero attached hydrogens (tertiary/aromatic N) is 1. The third-order valence-corrected chi connectivity index (χ3v) is 5.39. The molecule has 0 spiro atoms. The zero-order valence-electron chi connectivity index (χ0n) is 16.0. The predicted molar refractivity (Wildman–Crippen MR) is 110 cm³/mol. The van der Waals surface area contributed by atoms with E-state index in [4.69, 9.17) is 16.3 Å². The average molecular weight is 440 g/mol. The van der Waals surface area contributed by atoms with Gasteiger partial charge in [0, 0.05) is 23.9 Å². The second kappa shape index (κ2) is 9.01. The molecule has 2 aromatic rings. The highest BCUT2D eigenvalue weighted by Crippen LogP contribution is 2.33. The lowest BCUT2D eigenvalue weighted by Crippen LogP contribution is -2.30. The van der Waals surface area contributed by atoms with E-state index < -0.39 is 22.9 Å². The van der Waals surface area contributed by atoms with Gasteiger partial charge in [-0.05, 0) is 32.4 Å². The Labute approximate surface area is 175 Å². The summed E-state index contributed by atoms with van der Waals surface area (Å²) in [6, 6.07) is 3.58. The number of nitro benzene ring substituents is 1. The number of halogens is 1. The second-order valence-electron chi connectivity index (χ2n) is 6.13. The second-order valence-corrected chi connectivity index (χ2v) is 7.76. The minimum atomic E-state index is -1.18. The summed E-state index contributed by atoms with van der Waals surface area (Å²) in [5.74, 6) is -1.76. The fourth-order valence-corrected chi connectivity index (χ4v) is 3.66. The topological polar surface area (TPSA) is 128 Å². The monoisotopic (exact) mass is 439 g/mol. The Hall–Kier alpha value is -2.98. The van der Waals surface area contributed by atoms with Crippen LogP contribution in [0.4, 0.5) is 16.4 Å². The number of hydrogen-bond acceptors (Lipinski definition) is 7. The van der Waals surface area contributed by atoms with Gasteiger partial charge in [-0.15, -0.1) is 11.3 Å². The fraction of sp³-hybridized carbons (Fsp3) is 0.278. The van der Waals surface area contributed by atoms with Crippen LogP contribution in [0.1, 0.15) is 34.6 Å². The molecule has 2 N–H and O–H groups in total. The van der Waals surface area contributed by atoms with E-state index in [2.05, 4.69) is 10.6 Å². The number of esters is 1. The molecule has 2 amide bonds. The van der Waals surface area contributed by atoms with Crippen LogP contribution in [0.25, 0.3) is 0 Å². The number of thiophene rings is 1. The largest absolute Gasteiger partial charge is 0.449 e. The van der Waals surface area contributed by atoms with Gasteiger partial charge >= 0.3 is 5.97 Å². The van der Waals surface area contributed by atoms with Crippen LogP contribution in [0.15, 0.2) is 18.2 Å². The molecule has 2 rings (SSSR count). The van der Waals surface area contributed by atoms with Crippen molar-refractivity contribution in [3.05, 3.63) is 49.3 Å². The number of benzene rings is 1. The number of aryl methyl sites for hydroxylation is 1. The summed E-state index contributed by atoms with van der Waals surface area (Å²) in [7, 11) is 0. The van der Waals surface area contributed by atoms with Crippen molar-refractivity contribution in [1.82, 2.24) is 0 Å². The maximum absolute atomic E-state index is 12.6. The molecule has 0 aliphatic heterocycles. The third-order valence-electron chi connectivity index (χ3n) is 3.95. The Morgan fingerprint density at radius 1 is 1.24 bits per heavy atom. The Bertz CT molecular complexity index is 1000. The lowest BCUT2D eigenvalue weighted by Gasteiger charge is -2.15. The Morgan fingerprint density at radius 2 is 1.90 bits per heavy atom. The normalized spacial score (nSPS) is 11.5. The van der Waals surface area contributed by atoms with Crippen molar-refractivity contribution >= 4 is 57.1 Å². The van der Waals surface area contributed by atoms with Gasteiger partial charge in [0.1, 0.15) is 5.00 Å². The lowest BCUT2D eigenvalue weighted by atomic mass is 10.1. The lowest BCUT2D eigenvalue weighted by molar-refractivity contribution is -0.384. The van der Waals surface area contributed by atoms with Crippen molar-refractivity contribution in [3.63, 3.8) is 0 Å². The summed E-state index contributed by atoms with van der Waals surface area (Å²) >= 11 is 7.19. The van der Waals surface area contributed by atoms with E-state index in [0.29, 0.717) is 10.6 Å². The summed E-state index contributed by atoms with van der Waals surface area (Å²) in [5.41, 5.74) is 0.762. The van der Waals surface area contributed by atoms with Gasteiger partial charge < -0.3 is 15.4 Å². The number of non-ortho nitro benzene ring substituents is 1. The first-order chi connectivity index (χ1) is 13.5. The summed E-state index contributed by atoms with van der Waals surface area (Å²) in [5, 5.41) is 16.1. The SMILES string of the molecule is CC(=O)Nc1sc(C)c(C)c1C(=O)OC(C)C(=O)Nc1ccc([N+](=O)[O-])cc1Cl. The first kappa shape index (κ1) is 22.3. The average Bonchev–Trinajstić information content (AvgIpc) is 2.89. The van der Waals surface area contributed by atoms with Gasteiger partial charge in [0.2, 0.25) is 5.91 Å². The minimum absolute atomic E-state index is 0.0247. The molecule has 154 valence electrons. The molecule has 1 aromatic carbocycles. The van der Waals surface area contributed by atoms with Crippen LogP contribution in [-0.4, -0.2) is 28.8 Å². The van der Waals surface area contributed by atoms with Crippen LogP contribution in [0.5, 0.6) is 0 Å². The van der Waals surface area contributed by atoms with E-state index in [9.17, 15) is 24.5 Å². The predicted octanol–water partition coefficient (Wildman–Crippen LogP) is 4.07. The molecule has 1 heterocycles. The molecule has 11 heteroatoms. The zero-order chi connectivity index (χ0) is 21.9. The number of carbonyl (C=O) groups is 3. The van der Waals surface area contributed by atoms with Crippen LogP contribution in [0.3, 0.4) is 0 Å². The van der Waals surface area contributed by atoms with Crippen LogP contribution in [0, 0.1) is 24.0 Å². The van der Waals surface area contributed by atoms with E-state index in [1.54, 1.807) is 13.8 Å². The van der Waals surface area contributed by atoms with E-state index in [-0.39, 0.29) is 27.9 Å². The highest BCUT2D eigenvalue weighted by atomic mass is 35.5. The highest BCUT2D eigenvalue weighted by molar-refractivity contribution is 7.16. The molecular weight excluding hydrogens is 422 g/mol. The number of amides is 2. The van der Waals surface area contributed by atoms with Gasteiger partial charge in [0.05, 0.1) is 21.2 Å². The molecule has 0 aliphatic carbocycles. The van der Waals surface area contributed by atoms with Crippen molar-refractivity contribution in [2.24, 2.45) is 0 Å². The number of ether oxygens (including phenoxy) is 1. The molecule has 0 radical (unpaired) electrons. The molecule has 0 saturated heterocycles. The van der Waals surface area contributed by atoms with Gasteiger partial charge in [-0.2, -0.15) is 0 Å². The summed E-state index contributed by atoms with van der Waals surface area (Å²) in [6.45, 7) is 6.21. The first-order valence-electron chi connectivity index (χ1n) is 8.34. The molecular formula is C18H18ClN3O6S. The van der Waals surface area contributed by atoms with Gasteiger partial charge in [-0.25, -0.2) is 4.79 Å². The smallest absolute Gasteiger partial charge is 0.342 e. The Morgan fingerprint density at radius 3 is 2.45 bits per heavy atom. The quantitative estimate of drug-likeness (QED) is 0.396. The zero-order valence-corrected chi connectivity index (χ0v) is 17.6. The molecule has 1 atom stereocenters. The third kappa shape index (κ3) is 5.30. The summed E-state index contributed by atoms with van der Waals surface area (Å²) < 4.78 is 5.24. The molecule has 0 fully saturated rings. The molecule has 9 nitrogen and oxygen atoms in total. The fourth-order valence-electron chi connectivity index (χ4n) is 2.35. The molecule has 29 heavy (non-hydrogen) atoms. The van der Waals surface area contributed by atoms with Crippen LogP contribution < -0.4 is 10.6 Å². The number of carbonyl (C=O) groups excluding carboxylic acids is 3. The number of anilines is 2. The molecule has 1 unspecified atom stereocenters. The number of nitro groups is 1. The van der Waals surface area contributed by atoms with Crippen molar-refractivity contribution in [3.8, 4) is 0 Å². The standard InChI is InChI=1S/C18H18ClN3O6S/c1-8-10(3)29-17(20-11(4)23)15(8)18(25)28-9(2)16(24)21-14-6-5-12(22(26)27)7-13(14)19/h5-7,9H,1-4H3,(H,20,23)(H,21,24). The van der Waals surface area contributed by atoms with Crippen molar-refractivity contribution in [1.29, 1.82) is 0 Å². The van der Waals surface area contributed by atoms with Crippen molar-refractivity contribution in [2.75, 3.05) is 10.6 Å². The van der Waals surface area contributed by atoms with E-state index in [1.807, 2.05) is 0 Å². The van der Waals surface area contributed by atoms with E-state index in [0.717, 1.165) is 10.9 Å². The van der Waals surface area contributed by atoms with Gasteiger partial charge in [0.25, 0.3) is 11.6 Å². The summed E-state index contributed by atoms with van der Waals surface area (Å²) in [4.78, 5) is 47.3. The minimum Gasteiger partial charge on any atom is -0.449 e. The Balaban J connectivity index is 2.13. The summed E-state index contributed by atoms with van der Waals surface area (Å²) in [6.07, 6.45) is -1.18. The highest BCUT2D eigenvalue weighted by Gasteiger charge is 2.26.